The third-order valence-corrected chi connectivity index (χ3v) is 4.06. The van der Waals surface area contributed by atoms with Crippen LogP contribution in [0, 0.1) is 10.1 Å². The Hall–Kier alpha value is -2.22. The highest BCUT2D eigenvalue weighted by Gasteiger charge is 2.16. The Morgan fingerprint density at radius 1 is 1.16 bits per heavy atom. The van der Waals surface area contributed by atoms with Crippen molar-refractivity contribution in [2.45, 2.75) is 6.92 Å². The monoisotopic (exact) mass is 382 g/mol. The number of nitro groups is 1. The van der Waals surface area contributed by atoms with Crippen LogP contribution < -0.4 is 4.90 Å². The number of nitrogens with zero attached hydrogens (tertiary/aromatic N) is 4. The Bertz CT molecular complexity index is 782. The molecular weight excluding hydrogens is 367 g/mol. The summed E-state index contributed by atoms with van der Waals surface area (Å²) in [4.78, 5) is 12.2. The van der Waals surface area contributed by atoms with Gasteiger partial charge in [0.1, 0.15) is 10.7 Å². The summed E-state index contributed by atoms with van der Waals surface area (Å²) in [5.41, 5.74) is 1.52. The Morgan fingerprint density at radius 2 is 1.84 bits per heavy atom. The number of halogens is 2. The molecule has 0 bridgehead atoms. The summed E-state index contributed by atoms with van der Waals surface area (Å²) in [5.74, 6) is 0. The van der Waals surface area contributed by atoms with Crippen LogP contribution in [-0.4, -0.2) is 29.7 Å². The van der Waals surface area contributed by atoms with Crippen molar-refractivity contribution in [2.24, 2.45) is 10.2 Å². The first kappa shape index (κ1) is 19.1. The number of azo groups is 1. The normalized spacial score (nSPS) is 11.0. The lowest BCUT2D eigenvalue weighted by molar-refractivity contribution is -0.384. The molecule has 2 rings (SSSR count). The number of benzene rings is 2. The Morgan fingerprint density at radius 3 is 2.40 bits per heavy atom. The molecule has 0 unspecified atom stereocenters. The first-order chi connectivity index (χ1) is 12.0. The van der Waals surface area contributed by atoms with Crippen LogP contribution in [0.3, 0.4) is 0 Å². The van der Waals surface area contributed by atoms with Crippen molar-refractivity contribution in [3.63, 3.8) is 0 Å². The molecule has 0 aliphatic rings. The second-order valence-corrected chi connectivity index (χ2v) is 5.85. The molecule has 0 saturated carbocycles. The van der Waals surface area contributed by atoms with Crippen molar-refractivity contribution in [3.05, 3.63) is 56.6 Å². The third kappa shape index (κ3) is 4.88. The zero-order chi connectivity index (χ0) is 18.4. The summed E-state index contributed by atoms with van der Waals surface area (Å²) in [6.45, 7) is 3.41. The van der Waals surface area contributed by atoms with Crippen molar-refractivity contribution in [3.8, 4) is 0 Å². The van der Waals surface area contributed by atoms with Crippen molar-refractivity contribution >= 4 is 46.0 Å². The van der Waals surface area contributed by atoms with Gasteiger partial charge < -0.3 is 10.0 Å². The molecule has 0 saturated heterocycles. The van der Waals surface area contributed by atoms with Gasteiger partial charge in [-0.15, -0.1) is 5.11 Å². The van der Waals surface area contributed by atoms with Crippen molar-refractivity contribution < 1.29 is 10.0 Å². The van der Waals surface area contributed by atoms with E-state index >= 15 is 0 Å². The van der Waals surface area contributed by atoms with Crippen molar-refractivity contribution in [1.29, 1.82) is 0 Å². The van der Waals surface area contributed by atoms with Gasteiger partial charge in [0.05, 0.1) is 22.2 Å². The summed E-state index contributed by atoms with van der Waals surface area (Å²) in [6, 6.07) is 9.75. The van der Waals surface area contributed by atoms with Gasteiger partial charge in [-0.3, -0.25) is 10.1 Å². The predicted molar refractivity (Wildman–Crippen MR) is 98.7 cm³/mol. The van der Waals surface area contributed by atoms with Crippen LogP contribution in [0.25, 0.3) is 0 Å². The maximum atomic E-state index is 10.8. The second-order valence-electron chi connectivity index (χ2n) is 5.03. The zero-order valence-electron chi connectivity index (χ0n) is 13.4. The molecule has 0 aromatic heterocycles. The third-order valence-electron chi connectivity index (χ3n) is 3.45. The molecule has 1 N–H and O–H groups in total. The first-order valence-electron chi connectivity index (χ1n) is 7.47. The molecule has 0 aliphatic heterocycles. The lowest BCUT2D eigenvalue weighted by atomic mass is 10.2. The van der Waals surface area contributed by atoms with Crippen LogP contribution >= 0.6 is 23.2 Å². The minimum absolute atomic E-state index is 0.0544. The number of likely N-dealkylation sites (N-methyl/N-ethyl adjacent to an activating group) is 1. The van der Waals surface area contributed by atoms with Gasteiger partial charge in [-0.2, -0.15) is 5.11 Å². The summed E-state index contributed by atoms with van der Waals surface area (Å²) >= 11 is 11.8. The van der Waals surface area contributed by atoms with E-state index in [1.54, 1.807) is 12.1 Å². The van der Waals surface area contributed by atoms with Crippen LogP contribution in [0.1, 0.15) is 6.92 Å². The number of aliphatic hydroxyl groups is 1. The van der Waals surface area contributed by atoms with Crippen LogP contribution in [0.5, 0.6) is 0 Å². The summed E-state index contributed by atoms with van der Waals surface area (Å²) in [6.07, 6.45) is 0. The van der Waals surface area contributed by atoms with Crippen molar-refractivity contribution in [1.82, 2.24) is 0 Å². The lowest BCUT2D eigenvalue weighted by Crippen LogP contribution is -2.25. The fraction of sp³-hybridized carbons (Fsp3) is 0.250. The lowest BCUT2D eigenvalue weighted by Gasteiger charge is -2.21. The highest BCUT2D eigenvalue weighted by molar-refractivity contribution is 6.36. The van der Waals surface area contributed by atoms with E-state index in [9.17, 15) is 10.1 Å². The van der Waals surface area contributed by atoms with E-state index in [0.717, 1.165) is 18.3 Å². The smallest absolute Gasteiger partial charge is 0.289 e. The van der Waals surface area contributed by atoms with Crippen LogP contribution in [0.4, 0.5) is 22.7 Å². The largest absolute Gasteiger partial charge is 0.395 e. The maximum Gasteiger partial charge on any atom is 0.289 e. The molecule has 2 aromatic carbocycles. The van der Waals surface area contributed by atoms with Gasteiger partial charge in [0.15, 0.2) is 0 Å². The van der Waals surface area contributed by atoms with E-state index in [1.807, 2.05) is 24.0 Å². The Kier molecular flexibility index (Phi) is 6.69. The standard InChI is InChI=1S/C16H16Cl2N4O3/c1-2-21(7-8-23)12-5-3-11(4-6-12)19-20-15-9-14(18)16(22(24)25)10-13(15)17/h3-6,9-10,23H,2,7-8H2,1H3. The number of aliphatic hydroxyl groups excluding tert-OH is 1. The molecule has 0 atom stereocenters. The second kappa shape index (κ2) is 8.75. The van der Waals surface area contributed by atoms with E-state index < -0.39 is 4.92 Å². The van der Waals surface area contributed by atoms with Crippen molar-refractivity contribution in [2.75, 3.05) is 24.6 Å². The first-order valence-corrected chi connectivity index (χ1v) is 8.23. The fourth-order valence-electron chi connectivity index (χ4n) is 2.17. The number of nitro benzene ring substituents is 1. The maximum absolute atomic E-state index is 10.8. The van der Waals surface area contributed by atoms with E-state index in [0.29, 0.717) is 12.2 Å². The van der Waals surface area contributed by atoms with Gasteiger partial charge >= 0.3 is 0 Å². The fourth-order valence-corrected chi connectivity index (χ4v) is 2.60. The van der Waals surface area contributed by atoms with Gasteiger partial charge in [-0.25, -0.2) is 0 Å². The number of rotatable bonds is 7. The molecule has 0 heterocycles. The highest BCUT2D eigenvalue weighted by atomic mass is 35.5. The summed E-state index contributed by atoms with van der Waals surface area (Å²) in [7, 11) is 0. The average molecular weight is 383 g/mol. The minimum Gasteiger partial charge on any atom is -0.395 e. The molecule has 0 amide bonds. The number of hydrogen-bond donors (Lipinski definition) is 1. The predicted octanol–water partition coefficient (Wildman–Crippen LogP) is 5.14. The van der Waals surface area contributed by atoms with Gasteiger partial charge in [-0.05, 0) is 37.3 Å². The zero-order valence-corrected chi connectivity index (χ0v) is 14.9. The van der Waals surface area contributed by atoms with Gasteiger partial charge in [-0.1, -0.05) is 23.2 Å². The molecule has 0 radical (unpaired) electrons. The van der Waals surface area contributed by atoms with E-state index in [4.69, 9.17) is 28.3 Å². The van der Waals surface area contributed by atoms with E-state index in [2.05, 4.69) is 10.2 Å². The minimum atomic E-state index is -0.611. The molecule has 0 aliphatic carbocycles. The van der Waals surface area contributed by atoms with Crippen LogP contribution in [-0.2, 0) is 0 Å². The molecule has 9 heteroatoms. The van der Waals surface area contributed by atoms with E-state index in [-0.39, 0.29) is 28.0 Å². The van der Waals surface area contributed by atoms with Gasteiger partial charge in [0.2, 0.25) is 0 Å². The summed E-state index contributed by atoms with van der Waals surface area (Å²) < 4.78 is 0. The number of hydrogen-bond acceptors (Lipinski definition) is 6. The highest BCUT2D eigenvalue weighted by Crippen LogP contribution is 2.36. The Labute approximate surface area is 154 Å². The SMILES string of the molecule is CCN(CCO)c1ccc(N=Nc2cc(Cl)c([N+](=O)[O-])cc2Cl)cc1. The molecular formula is C16H16Cl2N4O3. The topological polar surface area (TPSA) is 91.3 Å². The Balaban J connectivity index is 2.19. The molecule has 2 aromatic rings. The molecule has 7 nitrogen and oxygen atoms in total. The number of anilines is 1. The van der Waals surface area contributed by atoms with Gasteiger partial charge in [0.25, 0.3) is 5.69 Å². The summed E-state index contributed by atoms with van der Waals surface area (Å²) in [5, 5.41) is 28.0. The quantitative estimate of drug-likeness (QED) is 0.407. The molecule has 0 fully saturated rings. The molecule has 25 heavy (non-hydrogen) atoms. The van der Waals surface area contributed by atoms with Crippen LogP contribution in [0.2, 0.25) is 10.0 Å². The molecule has 0 spiro atoms. The average Bonchev–Trinajstić information content (AvgIpc) is 2.60. The van der Waals surface area contributed by atoms with Gasteiger partial charge in [0, 0.05) is 24.8 Å². The molecule has 132 valence electrons. The van der Waals surface area contributed by atoms with Crippen LogP contribution in [0.15, 0.2) is 46.6 Å². The van der Waals surface area contributed by atoms with E-state index in [1.165, 1.54) is 6.07 Å².